The number of rotatable bonds is 5. The van der Waals surface area contributed by atoms with E-state index in [1.807, 2.05) is 24.3 Å². The van der Waals surface area contributed by atoms with Gasteiger partial charge in [0.25, 0.3) is 0 Å². The zero-order valence-corrected chi connectivity index (χ0v) is 14.9. The number of hydrogen-bond donors (Lipinski definition) is 1. The highest BCUT2D eigenvalue weighted by Gasteiger charge is 2.15. The lowest BCUT2D eigenvalue weighted by Crippen LogP contribution is -2.39. The van der Waals surface area contributed by atoms with Gasteiger partial charge in [0.05, 0.1) is 0 Å². The quantitative estimate of drug-likeness (QED) is 0.838. The Morgan fingerprint density at radius 2 is 1.87 bits per heavy atom. The first-order chi connectivity index (χ1) is 11.0. The predicted molar refractivity (Wildman–Crippen MR) is 95.5 cm³/mol. The van der Waals surface area contributed by atoms with Crippen molar-refractivity contribution in [1.82, 2.24) is 5.32 Å². The van der Waals surface area contributed by atoms with E-state index in [9.17, 15) is 9.59 Å². The molecule has 2 aromatic carbocycles. The Kier molecular flexibility index (Phi) is 6.19. The maximum absolute atomic E-state index is 12.1. The smallest absolute Gasteiger partial charge is 0.240 e. The van der Waals surface area contributed by atoms with E-state index in [2.05, 4.69) is 21.2 Å². The van der Waals surface area contributed by atoms with E-state index in [0.717, 1.165) is 10.0 Å². The Bertz CT molecular complexity index is 704. The van der Waals surface area contributed by atoms with Gasteiger partial charge in [-0.1, -0.05) is 45.7 Å². The molecule has 1 N–H and O–H groups in total. The molecule has 0 aliphatic heterocycles. The molecule has 0 bridgehead atoms. The molecule has 2 amide bonds. The van der Waals surface area contributed by atoms with Crippen molar-refractivity contribution in [2.75, 3.05) is 11.4 Å². The first-order valence-electron chi connectivity index (χ1n) is 7.00. The molecule has 0 saturated carbocycles. The van der Waals surface area contributed by atoms with Crippen molar-refractivity contribution in [1.29, 1.82) is 0 Å². The molecule has 23 heavy (non-hydrogen) atoms. The molecule has 0 aliphatic carbocycles. The molecule has 0 unspecified atom stereocenters. The molecular weight excluding hydrogens is 380 g/mol. The summed E-state index contributed by atoms with van der Waals surface area (Å²) in [6.45, 7) is 1.80. The van der Waals surface area contributed by atoms with E-state index in [4.69, 9.17) is 11.6 Å². The van der Waals surface area contributed by atoms with Crippen LogP contribution in [0.25, 0.3) is 0 Å². The lowest BCUT2D eigenvalue weighted by atomic mass is 10.2. The van der Waals surface area contributed by atoms with Gasteiger partial charge in [-0.25, -0.2) is 0 Å². The Balaban J connectivity index is 1.98. The van der Waals surface area contributed by atoms with Crippen LogP contribution in [0.3, 0.4) is 0 Å². The molecule has 120 valence electrons. The van der Waals surface area contributed by atoms with Crippen LogP contribution in [0.4, 0.5) is 5.69 Å². The van der Waals surface area contributed by atoms with Crippen molar-refractivity contribution in [2.45, 2.75) is 13.5 Å². The second kappa shape index (κ2) is 8.13. The van der Waals surface area contributed by atoms with Gasteiger partial charge in [0.2, 0.25) is 11.8 Å². The summed E-state index contributed by atoms with van der Waals surface area (Å²) in [5, 5.41) is 3.45. The number of benzene rings is 2. The van der Waals surface area contributed by atoms with Crippen molar-refractivity contribution in [3.8, 4) is 0 Å². The fourth-order valence-corrected chi connectivity index (χ4v) is 2.54. The third kappa shape index (κ3) is 5.37. The molecule has 4 nitrogen and oxygen atoms in total. The van der Waals surface area contributed by atoms with Crippen molar-refractivity contribution >= 4 is 45.0 Å². The van der Waals surface area contributed by atoms with E-state index < -0.39 is 0 Å². The normalized spacial score (nSPS) is 10.2. The van der Waals surface area contributed by atoms with Gasteiger partial charge in [-0.15, -0.1) is 0 Å². The van der Waals surface area contributed by atoms with Crippen molar-refractivity contribution in [2.24, 2.45) is 0 Å². The van der Waals surface area contributed by atoms with Crippen LogP contribution in [0.15, 0.2) is 53.0 Å². The molecule has 0 aliphatic rings. The van der Waals surface area contributed by atoms with Crippen molar-refractivity contribution in [3.05, 3.63) is 63.6 Å². The van der Waals surface area contributed by atoms with E-state index in [0.29, 0.717) is 17.3 Å². The lowest BCUT2D eigenvalue weighted by Gasteiger charge is -2.21. The second-order valence-corrected chi connectivity index (χ2v) is 6.34. The van der Waals surface area contributed by atoms with Gasteiger partial charge >= 0.3 is 0 Å². The Morgan fingerprint density at radius 1 is 1.17 bits per heavy atom. The van der Waals surface area contributed by atoms with Gasteiger partial charge in [-0.05, 0) is 35.9 Å². The average molecular weight is 396 g/mol. The van der Waals surface area contributed by atoms with Crippen LogP contribution in [0.5, 0.6) is 0 Å². The van der Waals surface area contributed by atoms with Crippen LogP contribution in [-0.4, -0.2) is 18.4 Å². The van der Waals surface area contributed by atoms with E-state index >= 15 is 0 Å². The van der Waals surface area contributed by atoms with Crippen LogP contribution in [0.1, 0.15) is 12.5 Å². The zero-order valence-electron chi connectivity index (χ0n) is 12.6. The number of anilines is 1. The maximum atomic E-state index is 12.1. The Labute approximate surface area is 148 Å². The summed E-state index contributed by atoms with van der Waals surface area (Å²) >= 11 is 9.19. The largest absolute Gasteiger partial charge is 0.350 e. The number of nitrogens with zero attached hydrogens (tertiary/aromatic N) is 1. The Hall–Kier alpha value is -1.85. The van der Waals surface area contributed by atoms with Gasteiger partial charge in [0.15, 0.2) is 0 Å². The predicted octanol–water partition coefficient (Wildman–Crippen LogP) is 3.77. The highest BCUT2D eigenvalue weighted by atomic mass is 79.9. The summed E-state index contributed by atoms with van der Waals surface area (Å²) in [6.07, 6.45) is 0. The fourth-order valence-electron chi connectivity index (χ4n) is 2.03. The first kappa shape index (κ1) is 17.5. The summed E-state index contributed by atoms with van der Waals surface area (Å²) in [5.74, 6) is -0.417. The van der Waals surface area contributed by atoms with E-state index in [-0.39, 0.29) is 18.4 Å². The molecule has 0 radical (unpaired) electrons. The van der Waals surface area contributed by atoms with Crippen LogP contribution < -0.4 is 10.2 Å². The maximum Gasteiger partial charge on any atom is 0.240 e. The fraction of sp³-hybridized carbons (Fsp3) is 0.176. The van der Waals surface area contributed by atoms with Crippen LogP contribution in [0.2, 0.25) is 5.02 Å². The highest BCUT2D eigenvalue weighted by Crippen LogP contribution is 2.20. The molecule has 0 spiro atoms. The molecule has 0 heterocycles. The lowest BCUT2D eigenvalue weighted by molar-refractivity contribution is -0.123. The molecule has 2 rings (SSSR count). The molecule has 0 aromatic heterocycles. The van der Waals surface area contributed by atoms with Gasteiger partial charge in [-0.3, -0.25) is 9.59 Å². The molecule has 0 atom stereocenters. The number of halogens is 2. The molecule has 6 heteroatoms. The monoisotopic (exact) mass is 394 g/mol. The van der Waals surface area contributed by atoms with E-state index in [1.165, 1.54) is 11.8 Å². The second-order valence-electron chi connectivity index (χ2n) is 4.99. The summed E-state index contributed by atoms with van der Waals surface area (Å²) in [5.41, 5.74) is 1.62. The number of hydrogen-bond acceptors (Lipinski definition) is 2. The number of amides is 2. The van der Waals surface area contributed by atoms with Crippen molar-refractivity contribution in [3.63, 3.8) is 0 Å². The first-order valence-corrected chi connectivity index (χ1v) is 8.17. The minimum atomic E-state index is -0.227. The third-order valence-corrected chi connectivity index (χ3v) is 3.95. The van der Waals surface area contributed by atoms with Crippen LogP contribution in [0, 0.1) is 0 Å². The van der Waals surface area contributed by atoms with Crippen molar-refractivity contribution < 1.29 is 9.59 Å². The summed E-state index contributed by atoms with van der Waals surface area (Å²) in [6, 6.07) is 14.5. The number of carbonyl (C=O) groups excluding carboxylic acids is 2. The third-order valence-electron chi connectivity index (χ3n) is 3.20. The van der Waals surface area contributed by atoms with Gasteiger partial charge in [0, 0.05) is 28.7 Å². The molecular formula is C17H16BrClN2O2. The van der Waals surface area contributed by atoms with Gasteiger partial charge in [-0.2, -0.15) is 0 Å². The summed E-state index contributed by atoms with van der Waals surface area (Å²) in [7, 11) is 0. The summed E-state index contributed by atoms with van der Waals surface area (Å²) in [4.78, 5) is 25.4. The molecule has 2 aromatic rings. The highest BCUT2D eigenvalue weighted by molar-refractivity contribution is 9.10. The van der Waals surface area contributed by atoms with Gasteiger partial charge < -0.3 is 10.2 Å². The average Bonchev–Trinajstić information content (AvgIpc) is 2.51. The zero-order chi connectivity index (χ0) is 16.8. The molecule has 0 fully saturated rings. The number of carbonyl (C=O) groups is 2. The SMILES string of the molecule is CC(=O)N(CC(=O)NCc1ccc(Cl)cc1)c1cccc(Br)c1. The minimum Gasteiger partial charge on any atom is -0.350 e. The number of nitrogens with one attached hydrogen (secondary N) is 1. The van der Waals surface area contributed by atoms with Crippen LogP contribution >= 0.6 is 27.5 Å². The Morgan fingerprint density at radius 3 is 2.48 bits per heavy atom. The van der Waals surface area contributed by atoms with E-state index in [1.54, 1.807) is 24.3 Å². The minimum absolute atomic E-state index is 0.0284. The summed E-state index contributed by atoms with van der Waals surface area (Å²) < 4.78 is 0.850. The van der Waals surface area contributed by atoms with Gasteiger partial charge in [0.1, 0.15) is 6.54 Å². The topological polar surface area (TPSA) is 49.4 Å². The molecule has 0 saturated heterocycles. The van der Waals surface area contributed by atoms with Crippen LogP contribution in [-0.2, 0) is 16.1 Å². The standard InChI is InChI=1S/C17H16BrClN2O2/c1-12(22)21(16-4-2-3-14(18)9-16)11-17(23)20-10-13-5-7-15(19)8-6-13/h2-9H,10-11H2,1H3,(H,20,23).